The van der Waals surface area contributed by atoms with Gasteiger partial charge in [-0.3, -0.25) is 0 Å². The van der Waals surface area contributed by atoms with Crippen LogP contribution in [0.15, 0.2) is 5.16 Å². The number of amidine groups is 1. The number of hydrogen-bond acceptors (Lipinski definition) is 3. The van der Waals surface area contributed by atoms with E-state index in [0.717, 1.165) is 25.9 Å². The van der Waals surface area contributed by atoms with Gasteiger partial charge in [-0.15, -0.1) is 0 Å². The molecule has 2 atom stereocenters. The molecule has 2 unspecified atom stereocenters. The standard InChI is InChI=1S/C12H24N4O2/c1-3-5-10(11(13)15-18)14-12(17)16-7-4-6-9(2)8-16/h9-10,18H,3-8H2,1-2H3,(H2,13,15)(H,14,17). The minimum Gasteiger partial charge on any atom is -0.409 e. The van der Waals surface area contributed by atoms with E-state index in [1.54, 1.807) is 0 Å². The maximum absolute atomic E-state index is 12.1. The van der Waals surface area contributed by atoms with E-state index in [9.17, 15) is 4.79 Å². The number of piperidine rings is 1. The van der Waals surface area contributed by atoms with Crippen LogP contribution in [-0.4, -0.2) is 41.1 Å². The Morgan fingerprint density at radius 3 is 2.94 bits per heavy atom. The van der Waals surface area contributed by atoms with Gasteiger partial charge in [-0.1, -0.05) is 25.4 Å². The molecule has 1 heterocycles. The van der Waals surface area contributed by atoms with Crippen LogP contribution < -0.4 is 11.1 Å². The first kappa shape index (κ1) is 14.6. The van der Waals surface area contributed by atoms with Gasteiger partial charge >= 0.3 is 6.03 Å². The van der Waals surface area contributed by atoms with Crippen molar-refractivity contribution in [2.24, 2.45) is 16.8 Å². The summed E-state index contributed by atoms with van der Waals surface area (Å²) in [6.45, 7) is 5.70. The van der Waals surface area contributed by atoms with Crippen molar-refractivity contribution in [2.75, 3.05) is 13.1 Å². The molecule has 0 saturated carbocycles. The Morgan fingerprint density at radius 1 is 1.67 bits per heavy atom. The summed E-state index contributed by atoms with van der Waals surface area (Å²) < 4.78 is 0. The Kier molecular flexibility index (Phi) is 5.74. The number of likely N-dealkylation sites (tertiary alicyclic amines) is 1. The quantitative estimate of drug-likeness (QED) is 0.307. The molecule has 0 aliphatic carbocycles. The fraction of sp³-hybridized carbons (Fsp3) is 0.833. The van der Waals surface area contributed by atoms with Gasteiger partial charge in [-0.2, -0.15) is 0 Å². The number of oxime groups is 1. The Balaban J connectivity index is 2.54. The summed E-state index contributed by atoms with van der Waals surface area (Å²) in [4.78, 5) is 13.9. The highest BCUT2D eigenvalue weighted by atomic mass is 16.4. The lowest BCUT2D eigenvalue weighted by atomic mass is 10.0. The van der Waals surface area contributed by atoms with E-state index in [2.05, 4.69) is 17.4 Å². The molecule has 0 aromatic heterocycles. The van der Waals surface area contributed by atoms with Crippen LogP contribution in [0.25, 0.3) is 0 Å². The normalized spacial score (nSPS) is 22.7. The van der Waals surface area contributed by atoms with Gasteiger partial charge in [-0.25, -0.2) is 4.79 Å². The SMILES string of the molecule is CCCC(NC(=O)N1CCCC(C)C1)C(N)=NO. The molecule has 2 amide bonds. The molecule has 6 heteroatoms. The first-order chi connectivity index (χ1) is 8.58. The van der Waals surface area contributed by atoms with Gasteiger partial charge in [-0.05, 0) is 25.2 Å². The van der Waals surface area contributed by atoms with Crippen molar-refractivity contribution < 1.29 is 10.0 Å². The number of rotatable bonds is 4. The zero-order valence-electron chi connectivity index (χ0n) is 11.2. The second-order valence-corrected chi connectivity index (χ2v) is 5.01. The highest BCUT2D eigenvalue weighted by Gasteiger charge is 2.24. The van der Waals surface area contributed by atoms with Crippen LogP contribution in [0.1, 0.15) is 39.5 Å². The van der Waals surface area contributed by atoms with Crippen LogP contribution in [0.4, 0.5) is 4.79 Å². The van der Waals surface area contributed by atoms with Crippen molar-refractivity contribution in [3.63, 3.8) is 0 Å². The van der Waals surface area contributed by atoms with Gasteiger partial charge in [0.15, 0.2) is 5.84 Å². The minimum atomic E-state index is -0.385. The number of carbonyl (C=O) groups excluding carboxylic acids is 1. The van der Waals surface area contributed by atoms with Gasteiger partial charge in [0.25, 0.3) is 0 Å². The molecule has 1 fully saturated rings. The number of nitrogens with one attached hydrogen (secondary N) is 1. The lowest BCUT2D eigenvalue weighted by Crippen LogP contribution is -2.52. The highest BCUT2D eigenvalue weighted by Crippen LogP contribution is 2.15. The molecule has 0 bridgehead atoms. The first-order valence-electron chi connectivity index (χ1n) is 6.61. The average Bonchev–Trinajstić information content (AvgIpc) is 2.37. The summed E-state index contributed by atoms with van der Waals surface area (Å²) in [5.74, 6) is 0.605. The summed E-state index contributed by atoms with van der Waals surface area (Å²) in [5, 5.41) is 14.5. The third-order valence-electron chi connectivity index (χ3n) is 3.29. The number of nitrogens with two attached hydrogens (primary N) is 1. The van der Waals surface area contributed by atoms with Crippen molar-refractivity contribution >= 4 is 11.9 Å². The van der Waals surface area contributed by atoms with E-state index >= 15 is 0 Å². The number of nitrogens with zero attached hydrogens (tertiary/aromatic N) is 2. The van der Waals surface area contributed by atoms with Crippen molar-refractivity contribution in [1.82, 2.24) is 10.2 Å². The van der Waals surface area contributed by atoms with Crippen molar-refractivity contribution in [3.8, 4) is 0 Å². The smallest absolute Gasteiger partial charge is 0.317 e. The molecule has 6 nitrogen and oxygen atoms in total. The average molecular weight is 256 g/mol. The van der Waals surface area contributed by atoms with Crippen LogP contribution in [0.3, 0.4) is 0 Å². The minimum absolute atomic E-state index is 0.0651. The fourth-order valence-corrected chi connectivity index (χ4v) is 2.27. The molecule has 1 aliphatic rings. The Hall–Kier alpha value is -1.46. The molecule has 18 heavy (non-hydrogen) atoms. The summed E-state index contributed by atoms with van der Waals surface area (Å²) in [7, 11) is 0. The number of carbonyl (C=O) groups is 1. The molecular weight excluding hydrogens is 232 g/mol. The van der Waals surface area contributed by atoms with Crippen LogP contribution in [0.5, 0.6) is 0 Å². The van der Waals surface area contributed by atoms with Crippen molar-refractivity contribution in [3.05, 3.63) is 0 Å². The second kappa shape index (κ2) is 7.08. The fourth-order valence-electron chi connectivity index (χ4n) is 2.27. The Bertz CT molecular complexity index is 306. The lowest BCUT2D eigenvalue weighted by molar-refractivity contribution is 0.168. The zero-order chi connectivity index (χ0) is 13.5. The Labute approximate surface area is 108 Å². The third-order valence-corrected chi connectivity index (χ3v) is 3.29. The van der Waals surface area contributed by atoms with E-state index in [1.807, 2.05) is 11.8 Å². The molecule has 0 spiro atoms. The van der Waals surface area contributed by atoms with E-state index < -0.39 is 0 Å². The first-order valence-corrected chi connectivity index (χ1v) is 6.61. The second-order valence-electron chi connectivity index (χ2n) is 5.01. The number of urea groups is 1. The van der Waals surface area contributed by atoms with Crippen molar-refractivity contribution in [2.45, 2.75) is 45.6 Å². The van der Waals surface area contributed by atoms with Gasteiger partial charge in [0, 0.05) is 13.1 Å². The number of amides is 2. The van der Waals surface area contributed by atoms with Crippen molar-refractivity contribution in [1.29, 1.82) is 0 Å². The number of hydrogen-bond donors (Lipinski definition) is 3. The molecule has 0 radical (unpaired) electrons. The van der Waals surface area contributed by atoms with Gasteiger partial charge in [0.1, 0.15) is 0 Å². The van der Waals surface area contributed by atoms with Crippen LogP contribution in [-0.2, 0) is 0 Å². The van der Waals surface area contributed by atoms with Gasteiger partial charge < -0.3 is 21.2 Å². The summed E-state index contributed by atoms with van der Waals surface area (Å²) in [6.07, 6.45) is 3.74. The molecule has 104 valence electrons. The maximum atomic E-state index is 12.1. The van der Waals surface area contributed by atoms with E-state index in [0.29, 0.717) is 12.3 Å². The summed E-state index contributed by atoms with van der Waals surface area (Å²) in [5.41, 5.74) is 5.58. The predicted molar refractivity (Wildman–Crippen MR) is 70.6 cm³/mol. The lowest BCUT2D eigenvalue weighted by Gasteiger charge is -2.32. The third kappa shape index (κ3) is 4.09. The molecule has 4 N–H and O–H groups in total. The molecule has 0 aromatic carbocycles. The topological polar surface area (TPSA) is 91.0 Å². The van der Waals surface area contributed by atoms with E-state index in [-0.39, 0.29) is 17.9 Å². The predicted octanol–water partition coefficient (Wildman–Crippen LogP) is 1.34. The van der Waals surface area contributed by atoms with E-state index in [1.165, 1.54) is 6.42 Å². The largest absolute Gasteiger partial charge is 0.409 e. The van der Waals surface area contributed by atoms with Crippen LogP contribution >= 0.6 is 0 Å². The molecular formula is C12H24N4O2. The Morgan fingerprint density at radius 2 is 2.39 bits per heavy atom. The molecule has 1 rings (SSSR count). The van der Waals surface area contributed by atoms with E-state index in [4.69, 9.17) is 10.9 Å². The highest BCUT2D eigenvalue weighted by molar-refractivity contribution is 5.89. The molecule has 1 aliphatic heterocycles. The molecule has 1 saturated heterocycles. The van der Waals surface area contributed by atoms with Gasteiger partial charge in [0.05, 0.1) is 6.04 Å². The van der Waals surface area contributed by atoms with Crippen LogP contribution in [0.2, 0.25) is 0 Å². The maximum Gasteiger partial charge on any atom is 0.317 e. The van der Waals surface area contributed by atoms with Gasteiger partial charge in [0.2, 0.25) is 0 Å². The zero-order valence-corrected chi connectivity index (χ0v) is 11.2. The summed E-state index contributed by atoms with van der Waals surface area (Å²) in [6, 6.07) is -0.503. The molecule has 0 aromatic rings. The van der Waals surface area contributed by atoms with Crippen LogP contribution in [0, 0.1) is 5.92 Å². The monoisotopic (exact) mass is 256 g/mol. The summed E-state index contributed by atoms with van der Waals surface area (Å²) >= 11 is 0.